The minimum absolute atomic E-state index is 0.0225. The second kappa shape index (κ2) is 4.72. The Morgan fingerprint density at radius 2 is 2.18 bits per heavy atom. The van der Waals surface area contributed by atoms with Crippen molar-refractivity contribution in [3.8, 4) is 0 Å². The molecule has 0 aliphatic heterocycles. The van der Waals surface area contributed by atoms with E-state index in [-0.39, 0.29) is 5.69 Å². The average molecular weight is 250 g/mol. The van der Waals surface area contributed by atoms with E-state index >= 15 is 0 Å². The number of carbonyl (C=O) groups is 1. The van der Waals surface area contributed by atoms with Gasteiger partial charge in [-0.05, 0) is 30.2 Å². The van der Waals surface area contributed by atoms with E-state index in [0.717, 1.165) is 18.2 Å². The van der Waals surface area contributed by atoms with Gasteiger partial charge in [-0.25, -0.2) is 9.78 Å². The Hall–Kier alpha value is -1.61. The lowest BCUT2D eigenvalue weighted by molar-refractivity contribution is 0.0691. The number of aromatic nitrogens is 1. The van der Waals surface area contributed by atoms with Crippen LogP contribution in [0.1, 0.15) is 29.4 Å². The maximum absolute atomic E-state index is 10.8. The van der Waals surface area contributed by atoms with Gasteiger partial charge in [-0.1, -0.05) is 31.0 Å². The summed E-state index contributed by atoms with van der Waals surface area (Å²) in [5.74, 6) is -1.06. The van der Waals surface area contributed by atoms with E-state index in [1.54, 1.807) is 0 Å². The van der Waals surface area contributed by atoms with Crippen molar-refractivity contribution in [3.05, 3.63) is 40.5 Å². The first-order valence-corrected chi connectivity index (χ1v) is 5.82. The number of aryl methyl sites for hydroxylation is 1. The fourth-order valence-corrected chi connectivity index (χ4v) is 2.04. The number of nitrogens with zero attached hydrogens (tertiary/aromatic N) is 1. The molecular weight excluding hydrogens is 238 g/mol. The summed E-state index contributed by atoms with van der Waals surface area (Å²) >= 11 is 6.08. The highest BCUT2D eigenvalue weighted by molar-refractivity contribution is 6.35. The summed E-state index contributed by atoms with van der Waals surface area (Å²) in [6.07, 6.45) is 2.04. The van der Waals surface area contributed by atoms with Crippen molar-refractivity contribution in [2.75, 3.05) is 0 Å². The third-order valence-corrected chi connectivity index (χ3v) is 2.89. The van der Waals surface area contributed by atoms with E-state index < -0.39 is 5.97 Å². The molecule has 0 atom stereocenters. The Kier molecular flexibility index (Phi) is 3.29. The van der Waals surface area contributed by atoms with Crippen molar-refractivity contribution >= 4 is 28.5 Å². The van der Waals surface area contributed by atoms with Crippen LogP contribution in [0.25, 0.3) is 10.9 Å². The molecule has 0 aliphatic carbocycles. The van der Waals surface area contributed by atoms with Gasteiger partial charge in [-0.3, -0.25) is 0 Å². The molecule has 0 aliphatic rings. The second-order valence-corrected chi connectivity index (χ2v) is 4.30. The third kappa shape index (κ3) is 2.39. The molecule has 0 radical (unpaired) electrons. The molecule has 2 aromatic rings. The molecule has 4 heteroatoms. The van der Waals surface area contributed by atoms with E-state index in [1.165, 1.54) is 11.6 Å². The first-order valence-electron chi connectivity index (χ1n) is 5.44. The zero-order valence-corrected chi connectivity index (χ0v) is 10.2. The molecule has 2 rings (SSSR count). The summed E-state index contributed by atoms with van der Waals surface area (Å²) in [6, 6.07) is 7.14. The number of rotatable bonds is 3. The number of benzene rings is 1. The standard InChI is InChI=1S/C13H12ClNO2/c1-2-3-8-4-5-11-9(6-8)10(14)7-12(15-11)13(16)17/h4-7H,2-3H2,1H3,(H,16,17). The number of hydrogen-bond acceptors (Lipinski definition) is 2. The highest BCUT2D eigenvalue weighted by Crippen LogP contribution is 2.24. The highest BCUT2D eigenvalue weighted by Gasteiger charge is 2.09. The quantitative estimate of drug-likeness (QED) is 0.905. The lowest BCUT2D eigenvalue weighted by Crippen LogP contribution is -2.00. The average Bonchev–Trinajstić information content (AvgIpc) is 2.30. The van der Waals surface area contributed by atoms with Crippen LogP contribution in [0.2, 0.25) is 5.02 Å². The van der Waals surface area contributed by atoms with E-state index in [4.69, 9.17) is 16.7 Å². The molecule has 0 spiro atoms. The Morgan fingerprint density at radius 1 is 1.41 bits per heavy atom. The molecule has 0 bridgehead atoms. The minimum atomic E-state index is -1.06. The van der Waals surface area contributed by atoms with Gasteiger partial charge in [0.25, 0.3) is 0 Å². The zero-order valence-electron chi connectivity index (χ0n) is 9.40. The molecule has 0 fully saturated rings. The van der Waals surface area contributed by atoms with E-state index in [2.05, 4.69) is 11.9 Å². The number of fused-ring (bicyclic) bond motifs is 1. The van der Waals surface area contributed by atoms with Gasteiger partial charge >= 0.3 is 5.97 Å². The zero-order chi connectivity index (χ0) is 12.4. The first-order chi connectivity index (χ1) is 8.11. The van der Waals surface area contributed by atoms with E-state index in [0.29, 0.717) is 10.5 Å². The normalized spacial score (nSPS) is 10.7. The molecule has 1 heterocycles. The fraction of sp³-hybridized carbons (Fsp3) is 0.231. The summed E-state index contributed by atoms with van der Waals surface area (Å²) in [4.78, 5) is 14.9. The first kappa shape index (κ1) is 11.9. The topological polar surface area (TPSA) is 50.2 Å². The largest absolute Gasteiger partial charge is 0.477 e. The number of carboxylic acids is 1. The van der Waals surface area contributed by atoms with E-state index in [1.807, 2.05) is 18.2 Å². The van der Waals surface area contributed by atoms with Crippen LogP contribution in [-0.4, -0.2) is 16.1 Å². The van der Waals surface area contributed by atoms with Crippen LogP contribution in [0.4, 0.5) is 0 Å². The third-order valence-electron chi connectivity index (χ3n) is 2.58. The molecule has 3 nitrogen and oxygen atoms in total. The van der Waals surface area contributed by atoms with Gasteiger partial charge in [0.1, 0.15) is 5.69 Å². The summed E-state index contributed by atoms with van der Waals surface area (Å²) in [7, 11) is 0. The van der Waals surface area contributed by atoms with Gasteiger partial charge in [-0.2, -0.15) is 0 Å². The summed E-state index contributed by atoms with van der Waals surface area (Å²) < 4.78 is 0. The van der Waals surface area contributed by atoms with Gasteiger partial charge in [0.05, 0.1) is 10.5 Å². The molecule has 17 heavy (non-hydrogen) atoms. The van der Waals surface area contributed by atoms with Crippen molar-refractivity contribution in [1.29, 1.82) is 0 Å². The van der Waals surface area contributed by atoms with Gasteiger partial charge < -0.3 is 5.11 Å². The van der Waals surface area contributed by atoms with Gasteiger partial charge in [0.2, 0.25) is 0 Å². The highest BCUT2D eigenvalue weighted by atomic mass is 35.5. The van der Waals surface area contributed by atoms with E-state index in [9.17, 15) is 4.79 Å². The SMILES string of the molecule is CCCc1ccc2nc(C(=O)O)cc(Cl)c2c1. The maximum atomic E-state index is 10.8. The molecule has 0 unspecified atom stereocenters. The van der Waals surface area contributed by atoms with Crippen molar-refractivity contribution < 1.29 is 9.90 Å². The molecule has 1 aromatic heterocycles. The van der Waals surface area contributed by atoms with Crippen molar-refractivity contribution in [2.45, 2.75) is 19.8 Å². The molecule has 1 aromatic carbocycles. The van der Waals surface area contributed by atoms with Gasteiger partial charge in [0, 0.05) is 5.39 Å². The fourth-order valence-electron chi connectivity index (χ4n) is 1.79. The van der Waals surface area contributed by atoms with Crippen LogP contribution in [0.5, 0.6) is 0 Å². The predicted octanol–water partition coefficient (Wildman–Crippen LogP) is 3.54. The van der Waals surface area contributed by atoms with Crippen LogP contribution in [0.3, 0.4) is 0 Å². The smallest absolute Gasteiger partial charge is 0.354 e. The number of carboxylic acid groups (broad SMARTS) is 1. The van der Waals surface area contributed by atoms with Crippen LogP contribution in [0, 0.1) is 0 Å². The van der Waals surface area contributed by atoms with Crippen molar-refractivity contribution in [3.63, 3.8) is 0 Å². The number of hydrogen-bond donors (Lipinski definition) is 1. The Balaban J connectivity index is 2.60. The maximum Gasteiger partial charge on any atom is 0.354 e. The lowest BCUT2D eigenvalue weighted by atomic mass is 10.1. The Morgan fingerprint density at radius 3 is 2.82 bits per heavy atom. The van der Waals surface area contributed by atoms with Crippen LogP contribution >= 0.6 is 11.6 Å². The Labute approximate surface area is 104 Å². The van der Waals surface area contributed by atoms with Crippen LogP contribution < -0.4 is 0 Å². The molecule has 0 amide bonds. The number of aromatic carboxylic acids is 1. The number of pyridine rings is 1. The Bertz CT molecular complexity index is 581. The molecule has 1 N–H and O–H groups in total. The van der Waals surface area contributed by atoms with Gasteiger partial charge in [-0.15, -0.1) is 0 Å². The monoisotopic (exact) mass is 249 g/mol. The molecule has 0 saturated heterocycles. The van der Waals surface area contributed by atoms with Crippen LogP contribution in [-0.2, 0) is 6.42 Å². The lowest BCUT2D eigenvalue weighted by Gasteiger charge is -2.05. The summed E-state index contributed by atoms with van der Waals surface area (Å²) in [5, 5.41) is 10.1. The summed E-state index contributed by atoms with van der Waals surface area (Å²) in [5.41, 5.74) is 1.78. The van der Waals surface area contributed by atoms with Crippen molar-refractivity contribution in [1.82, 2.24) is 4.98 Å². The van der Waals surface area contributed by atoms with Crippen molar-refractivity contribution in [2.24, 2.45) is 0 Å². The molecule has 0 saturated carbocycles. The van der Waals surface area contributed by atoms with Gasteiger partial charge in [0.15, 0.2) is 0 Å². The second-order valence-electron chi connectivity index (χ2n) is 3.90. The molecular formula is C13H12ClNO2. The molecule has 88 valence electrons. The minimum Gasteiger partial charge on any atom is -0.477 e. The number of halogens is 1. The summed E-state index contributed by atoms with van der Waals surface area (Å²) in [6.45, 7) is 2.11. The predicted molar refractivity (Wildman–Crippen MR) is 67.7 cm³/mol. The van der Waals surface area contributed by atoms with Crippen LogP contribution in [0.15, 0.2) is 24.3 Å².